The Morgan fingerprint density at radius 1 is 1.06 bits per heavy atom. The van der Waals surface area contributed by atoms with E-state index in [-0.39, 0.29) is 11.5 Å². The van der Waals surface area contributed by atoms with E-state index in [0.29, 0.717) is 12.6 Å². The Balaban J connectivity index is 1.33. The minimum absolute atomic E-state index is 0.0662. The van der Waals surface area contributed by atoms with E-state index in [9.17, 15) is 5.11 Å². The van der Waals surface area contributed by atoms with E-state index in [4.69, 9.17) is 4.74 Å². The van der Waals surface area contributed by atoms with E-state index in [1.54, 1.807) is 0 Å². The van der Waals surface area contributed by atoms with Crippen LogP contribution in [0.1, 0.15) is 74.1 Å². The van der Waals surface area contributed by atoms with Crippen LogP contribution in [0.3, 0.4) is 0 Å². The first-order chi connectivity index (χ1) is 17.2. The zero-order chi connectivity index (χ0) is 23.6. The highest BCUT2D eigenvalue weighted by atomic mass is 16.5. The largest absolute Gasteiger partial charge is 0.485 e. The van der Waals surface area contributed by atoms with Gasteiger partial charge in [-0.1, -0.05) is 38.0 Å². The second kappa shape index (κ2) is 8.30. The molecule has 0 spiro atoms. The van der Waals surface area contributed by atoms with E-state index in [1.807, 2.05) is 0 Å². The molecule has 5 aliphatic heterocycles. The number of aryl methyl sites for hydroxylation is 1. The molecule has 7 rings (SSSR count). The fraction of sp³-hybridized carbons (Fsp3) is 0.548. The summed E-state index contributed by atoms with van der Waals surface area (Å²) in [6.07, 6.45) is 12.9. The summed E-state index contributed by atoms with van der Waals surface area (Å²) in [6, 6.07) is 11.9. The van der Waals surface area contributed by atoms with Gasteiger partial charge in [0.25, 0.3) is 0 Å². The maximum atomic E-state index is 9.33. The van der Waals surface area contributed by atoms with Crippen molar-refractivity contribution in [2.45, 2.75) is 82.3 Å². The second-order valence-electron chi connectivity index (χ2n) is 11.6. The molecule has 3 unspecified atom stereocenters. The number of nitrogens with zero attached hydrogens (tertiary/aromatic N) is 2. The maximum Gasteiger partial charge on any atom is 0.132 e. The first-order valence-electron chi connectivity index (χ1n) is 14.0. The van der Waals surface area contributed by atoms with Crippen LogP contribution >= 0.6 is 0 Å². The minimum Gasteiger partial charge on any atom is -0.485 e. The lowest BCUT2D eigenvalue weighted by Gasteiger charge is -2.47. The molecule has 0 saturated carbocycles. The summed E-state index contributed by atoms with van der Waals surface area (Å²) in [4.78, 5) is 5.31. The number of ether oxygens (including phenoxy) is 1. The molecule has 184 valence electrons. The van der Waals surface area contributed by atoms with Gasteiger partial charge in [-0.3, -0.25) is 0 Å². The lowest BCUT2D eigenvalue weighted by Crippen LogP contribution is -2.53. The van der Waals surface area contributed by atoms with Crippen LogP contribution in [0, 0.1) is 0 Å². The third-order valence-corrected chi connectivity index (χ3v) is 9.50. The molecule has 0 amide bonds. The van der Waals surface area contributed by atoms with Crippen LogP contribution in [0.2, 0.25) is 0 Å². The Bertz CT molecular complexity index is 1180. The van der Waals surface area contributed by atoms with Crippen molar-refractivity contribution in [2.75, 3.05) is 36.0 Å². The summed E-state index contributed by atoms with van der Waals surface area (Å²) in [5, 5.41) is 9.33. The Morgan fingerprint density at radius 2 is 1.91 bits per heavy atom. The first-order valence-corrected chi connectivity index (χ1v) is 14.0. The Morgan fingerprint density at radius 3 is 2.80 bits per heavy atom. The van der Waals surface area contributed by atoms with Crippen LogP contribution in [0.4, 0.5) is 11.4 Å². The SMILES string of the molecule is CC1(CCCCCO)c2ccccc2N2CCC3Oc4c(cc5c6c4CCCN6CCC5)C=C3C21. The molecule has 1 N–H and O–H groups in total. The summed E-state index contributed by atoms with van der Waals surface area (Å²) >= 11 is 0. The highest BCUT2D eigenvalue weighted by Gasteiger charge is 2.53. The number of anilines is 2. The number of unbranched alkanes of at least 4 members (excludes halogenated alkanes) is 2. The third-order valence-electron chi connectivity index (χ3n) is 9.50. The van der Waals surface area contributed by atoms with Crippen molar-refractivity contribution >= 4 is 17.5 Å². The summed E-state index contributed by atoms with van der Waals surface area (Å²) in [7, 11) is 0. The smallest absolute Gasteiger partial charge is 0.132 e. The number of rotatable bonds is 5. The predicted molar refractivity (Wildman–Crippen MR) is 143 cm³/mol. The number of para-hydroxylation sites is 1. The van der Waals surface area contributed by atoms with Gasteiger partial charge < -0.3 is 19.6 Å². The van der Waals surface area contributed by atoms with Crippen molar-refractivity contribution in [1.82, 2.24) is 0 Å². The van der Waals surface area contributed by atoms with Gasteiger partial charge in [-0.05, 0) is 73.4 Å². The Kier molecular flexibility index (Phi) is 5.17. The minimum atomic E-state index is 0.0662. The molecule has 4 heteroatoms. The van der Waals surface area contributed by atoms with Gasteiger partial charge in [-0.15, -0.1) is 0 Å². The van der Waals surface area contributed by atoms with Crippen molar-refractivity contribution < 1.29 is 9.84 Å². The lowest BCUT2D eigenvalue weighted by atomic mass is 9.69. The molecule has 0 bridgehead atoms. The molecule has 2 aromatic carbocycles. The summed E-state index contributed by atoms with van der Waals surface area (Å²) in [5.41, 5.74) is 10.3. The van der Waals surface area contributed by atoms with Gasteiger partial charge in [0, 0.05) is 60.6 Å². The quantitative estimate of drug-likeness (QED) is 0.575. The van der Waals surface area contributed by atoms with Crippen LogP contribution < -0.4 is 14.5 Å². The van der Waals surface area contributed by atoms with Gasteiger partial charge in [-0.2, -0.15) is 0 Å². The molecule has 1 fully saturated rings. The Labute approximate surface area is 209 Å². The van der Waals surface area contributed by atoms with Crippen molar-refractivity contribution in [3.63, 3.8) is 0 Å². The molecule has 0 aliphatic carbocycles. The number of aliphatic hydroxyl groups is 1. The number of hydrogen-bond donors (Lipinski definition) is 1. The second-order valence-corrected chi connectivity index (χ2v) is 11.6. The molecule has 1 saturated heterocycles. The number of aliphatic hydroxyl groups excluding tert-OH is 1. The van der Waals surface area contributed by atoms with E-state index < -0.39 is 0 Å². The molecule has 5 heterocycles. The Hall–Kier alpha value is -2.46. The van der Waals surface area contributed by atoms with Crippen molar-refractivity contribution in [3.8, 4) is 5.75 Å². The van der Waals surface area contributed by atoms with Crippen LogP contribution in [0.5, 0.6) is 5.75 Å². The number of hydrogen-bond acceptors (Lipinski definition) is 4. The fourth-order valence-electron chi connectivity index (χ4n) is 8.01. The van der Waals surface area contributed by atoms with Crippen LogP contribution in [-0.4, -0.2) is 43.5 Å². The van der Waals surface area contributed by atoms with E-state index in [1.165, 1.54) is 77.3 Å². The molecule has 5 aliphatic rings. The van der Waals surface area contributed by atoms with Gasteiger partial charge >= 0.3 is 0 Å². The molecule has 0 aromatic heterocycles. The van der Waals surface area contributed by atoms with Gasteiger partial charge in [0.2, 0.25) is 0 Å². The van der Waals surface area contributed by atoms with Crippen molar-refractivity contribution in [1.29, 1.82) is 0 Å². The molecule has 35 heavy (non-hydrogen) atoms. The monoisotopic (exact) mass is 470 g/mol. The van der Waals surface area contributed by atoms with Crippen molar-refractivity contribution in [3.05, 3.63) is 58.2 Å². The van der Waals surface area contributed by atoms with Crippen LogP contribution in [-0.2, 0) is 18.3 Å². The lowest BCUT2D eigenvalue weighted by molar-refractivity contribution is 0.184. The van der Waals surface area contributed by atoms with Gasteiger partial charge in [-0.25, -0.2) is 0 Å². The fourth-order valence-corrected chi connectivity index (χ4v) is 8.01. The van der Waals surface area contributed by atoms with E-state index in [2.05, 4.69) is 53.1 Å². The van der Waals surface area contributed by atoms with Crippen LogP contribution in [0.25, 0.3) is 6.08 Å². The summed E-state index contributed by atoms with van der Waals surface area (Å²) in [5.74, 6) is 1.19. The molecule has 2 aromatic rings. The number of fused-ring (bicyclic) bond motifs is 7. The molecular formula is C31H38N2O2. The highest BCUT2D eigenvalue weighted by molar-refractivity contribution is 5.79. The normalized spacial score (nSPS) is 27.8. The van der Waals surface area contributed by atoms with E-state index >= 15 is 0 Å². The van der Waals surface area contributed by atoms with Gasteiger partial charge in [0.15, 0.2) is 0 Å². The molecule has 3 atom stereocenters. The van der Waals surface area contributed by atoms with E-state index in [0.717, 1.165) is 45.1 Å². The maximum absolute atomic E-state index is 9.33. The average Bonchev–Trinajstić information content (AvgIpc) is 3.15. The van der Waals surface area contributed by atoms with Crippen LogP contribution in [0.15, 0.2) is 35.9 Å². The van der Waals surface area contributed by atoms with Gasteiger partial charge in [0.05, 0.1) is 6.04 Å². The number of benzene rings is 2. The first kappa shape index (κ1) is 21.8. The number of piperidine rings is 1. The summed E-state index contributed by atoms with van der Waals surface area (Å²) < 4.78 is 6.99. The highest BCUT2D eigenvalue weighted by Crippen LogP contribution is 2.55. The van der Waals surface area contributed by atoms with Gasteiger partial charge in [0.1, 0.15) is 11.9 Å². The molecule has 0 radical (unpaired) electrons. The zero-order valence-corrected chi connectivity index (χ0v) is 21.1. The van der Waals surface area contributed by atoms with Crippen molar-refractivity contribution in [2.24, 2.45) is 0 Å². The average molecular weight is 471 g/mol. The standard InChI is InChI=1S/C31H38N2O2/c1-31(14-5-2-6-18-34)25-11-3-4-12-26(25)33-17-13-27-24(30(31)33)20-22-19-21-9-7-15-32-16-8-10-23(28(21)32)29(22)35-27/h3-4,11-12,19-20,27,30,34H,2,5-10,13-18H2,1H3. The molecular weight excluding hydrogens is 432 g/mol. The predicted octanol–water partition coefficient (Wildman–Crippen LogP) is 5.63. The zero-order valence-electron chi connectivity index (χ0n) is 21.1. The summed E-state index contributed by atoms with van der Waals surface area (Å²) in [6.45, 7) is 6.24. The molecule has 4 nitrogen and oxygen atoms in total. The topological polar surface area (TPSA) is 35.9 Å². The third kappa shape index (κ3) is 3.21.